The second kappa shape index (κ2) is 9.02. The Hall–Kier alpha value is -1.66. The van der Waals surface area contributed by atoms with E-state index in [1.165, 1.54) is 5.56 Å². The minimum absolute atomic E-state index is 0.137. The Morgan fingerprint density at radius 1 is 1.15 bits per heavy atom. The molecule has 1 aromatic heterocycles. The van der Waals surface area contributed by atoms with Crippen LogP contribution in [0.3, 0.4) is 0 Å². The van der Waals surface area contributed by atoms with Gasteiger partial charge < -0.3 is 10.1 Å². The summed E-state index contributed by atoms with van der Waals surface area (Å²) in [6, 6.07) is 11.2. The van der Waals surface area contributed by atoms with Crippen LogP contribution >= 0.6 is 23.2 Å². The molecule has 2 unspecified atom stereocenters. The number of nitrogens with zero attached hydrogens (tertiary/aromatic N) is 2. The van der Waals surface area contributed by atoms with Gasteiger partial charge in [0.2, 0.25) is 0 Å². The number of nitrogens with one attached hydrogen (secondary N) is 1. The van der Waals surface area contributed by atoms with Crippen molar-refractivity contribution in [2.75, 3.05) is 13.1 Å². The van der Waals surface area contributed by atoms with Crippen LogP contribution in [0.15, 0.2) is 36.4 Å². The lowest BCUT2D eigenvalue weighted by atomic mass is 10.1. The lowest BCUT2D eigenvalue weighted by molar-refractivity contribution is -0.0705. The smallest absolute Gasteiger partial charge is 0.271 e. The van der Waals surface area contributed by atoms with Crippen LogP contribution < -0.4 is 5.32 Å². The van der Waals surface area contributed by atoms with Gasteiger partial charge >= 0.3 is 0 Å². The molecule has 1 aliphatic heterocycles. The number of carbonyl (C=O) groups is 1. The highest BCUT2D eigenvalue weighted by molar-refractivity contribution is 6.34. The van der Waals surface area contributed by atoms with Crippen molar-refractivity contribution >= 4 is 29.1 Å². The van der Waals surface area contributed by atoms with Crippen molar-refractivity contribution in [3.8, 4) is 0 Å². The van der Waals surface area contributed by atoms with Gasteiger partial charge in [0, 0.05) is 26.2 Å². The summed E-state index contributed by atoms with van der Waals surface area (Å²) in [5, 5.41) is 3.41. The molecule has 1 aliphatic rings. The van der Waals surface area contributed by atoms with Gasteiger partial charge in [-0.2, -0.15) is 0 Å². The molecule has 1 N–H and O–H groups in total. The van der Waals surface area contributed by atoms with E-state index in [1.54, 1.807) is 12.1 Å². The number of hydrogen-bond donors (Lipinski definition) is 1. The van der Waals surface area contributed by atoms with E-state index < -0.39 is 0 Å². The molecule has 0 bridgehead atoms. The topological polar surface area (TPSA) is 54.5 Å². The maximum atomic E-state index is 12.4. The van der Waals surface area contributed by atoms with Crippen molar-refractivity contribution in [1.29, 1.82) is 0 Å². The number of hydrogen-bond acceptors (Lipinski definition) is 4. The van der Waals surface area contributed by atoms with Crippen LogP contribution in [-0.4, -0.2) is 41.1 Å². The Morgan fingerprint density at radius 2 is 1.81 bits per heavy atom. The molecule has 7 heteroatoms. The highest BCUT2D eigenvalue weighted by Gasteiger charge is 2.22. The Balaban J connectivity index is 1.67. The molecule has 1 amide bonds. The van der Waals surface area contributed by atoms with Crippen LogP contribution in [0.25, 0.3) is 0 Å². The standard InChI is InChI=1S/C20H23Cl2N3O2/c1-13-10-25(11-14(2)27-13)12-16-6-4-3-5-15(16)9-23-20(26)19-17(21)7-8-18(22)24-19/h3-8,13-14H,9-12H2,1-2H3,(H,23,26). The van der Waals surface area contributed by atoms with E-state index in [-0.39, 0.29) is 34.0 Å². The summed E-state index contributed by atoms with van der Waals surface area (Å²) in [6.07, 6.45) is 0.438. The average Bonchev–Trinajstić information content (AvgIpc) is 2.62. The van der Waals surface area contributed by atoms with Gasteiger partial charge in [-0.3, -0.25) is 9.69 Å². The van der Waals surface area contributed by atoms with Crippen molar-refractivity contribution in [1.82, 2.24) is 15.2 Å². The molecule has 1 saturated heterocycles. The first kappa shape index (κ1) is 20.1. The highest BCUT2D eigenvalue weighted by atomic mass is 35.5. The predicted molar refractivity (Wildman–Crippen MR) is 107 cm³/mol. The molecule has 2 aromatic rings. The fourth-order valence-corrected chi connectivity index (χ4v) is 3.71. The van der Waals surface area contributed by atoms with Gasteiger partial charge in [0.15, 0.2) is 0 Å². The highest BCUT2D eigenvalue weighted by Crippen LogP contribution is 2.19. The third kappa shape index (κ3) is 5.42. The number of carbonyl (C=O) groups excluding carboxylic acids is 1. The molecule has 0 radical (unpaired) electrons. The summed E-state index contributed by atoms with van der Waals surface area (Å²) in [5.41, 5.74) is 2.39. The molecule has 0 spiro atoms. The summed E-state index contributed by atoms with van der Waals surface area (Å²) in [5.74, 6) is -0.342. The fourth-order valence-electron chi connectivity index (χ4n) is 3.38. The quantitative estimate of drug-likeness (QED) is 0.762. The third-order valence-electron chi connectivity index (χ3n) is 4.47. The monoisotopic (exact) mass is 407 g/mol. The molecule has 144 valence electrons. The molecule has 5 nitrogen and oxygen atoms in total. The van der Waals surface area contributed by atoms with Crippen LogP contribution in [0.4, 0.5) is 0 Å². The minimum atomic E-state index is -0.342. The van der Waals surface area contributed by atoms with Crippen LogP contribution in [-0.2, 0) is 17.8 Å². The lowest BCUT2D eigenvalue weighted by Gasteiger charge is -2.35. The van der Waals surface area contributed by atoms with Gasteiger partial charge in [0.1, 0.15) is 10.8 Å². The van der Waals surface area contributed by atoms with E-state index in [0.29, 0.717) is 6.54 Å². The van der Waals surface area contributed by atoms with Crippen LogP contribution in [0.2, 0.25) is 10.2 Å². The molecular weight excluding hydrogens is 385 g/mol. The normalized spacial score (nSPS) is 20.4. The number of halogens is 2. The van der Waals surface area contributed by atoms with Gasteiger partial charge in [-0.1, -0.05) is 47.5 Å². The zero-order chi connectivity index (χ0) is 19.4. The summed E-state index contributed by atoms with van der Waals surface area (Å²) in [7, 11) is 0. The summed E-state index contributed by atoms with van der Waals surface area (Å²) >= 11 is 11.9. The number of ether oxygens (including phenoxy) is 1. The lowest BCUT2D eigenvalue weighted by Crippen LogP contribution is -2.45. The number of morpholine rings is 1. The molecule has 2 heterocycles. The van der Waals surface area contributed by atoms with Crippen LogP contribution in [0, 0.1) is 0 Å². The largest absolute Gasteiger partial charge is 0.373 e. The summed E-state index contributed by atoms with van der Waals surface area (Å²) < 4.78 is 5.80. The number of pyridine rings is 1. The molecule has 1 aromatic carbocycles. The number of amides is 1. The van der Waals surface area contributed by atoms with Gasteiger partial charge in [0.25, 0.3) is 5.91 Å². The molecular formula is C20H23Cl2N3O2. The van der Waals surface area contributed by atoms with Crippen molar-refractivity contribution in [3.05, 3.63) is 63.4 Å². The van der Waals surface area contributed by atoms with E-state index >= 15 is 0 Å². The second-order valence-electron chi connectivity index (χ2n) is 6.87. The minimum Gasteiger partial charge on any atom is -0.373 e. The molecule has 0 saturated carbocycles. The van der Waals surface area contributed by atoms with E-state index in [9.17, 15) is 4.79 Å². The first-order chi connectivity index (χ1) is 12.9. The summed E-state index contributed by atoms with van der Waals surface area (Å²) in [6.45, 7) is 7.20. The SMILES string of the molecule is CC1CN(Cc2ccccc2CNC(=O)c2nc(Cl)ccc2Cl)CC(C)O1. The van der Waals surface area contributed by atoms with Crippen molar-refractivity contribution in [2.45, 2.75) is 39.1 Å². The summed E-state index contributed by atoms with van der Waals surface area (Å²) in [4.78, 5) is 18.8. The maximum Gasteiger partial charge on any atom is 0.271 e. The maximum absolute atomic E-state index is 12.4. The molecule has 3 rings (SSSR count). The average molecular weight is 408 g/mol. The second-order valence-corrected chi connectivity index (χ2v) is 7.66. The number of aromatic nitrogens is 1. The Bertz CT molecular complexity index is 806. The van der Waals surface area contributed by atoms with Crippen molar-refractivity contribution in [2.24, 2.45) is 0 Å². The van der Waals surface area contributed by atoms with E-state index in [4.69, 9.17) is 27.9 Å². The van der Waals surface area contributed by atoms with E-state index in [2.05, 4.69) is 35.1 Å². The Morgan fingerprint density at radius 3 is 2.52 bits per heavy atom. The van der Waals surface area contributed by atoms with Gasteiger partial charge in [-0.05, 0) is 37.1 Å². The molecule has 0 aliphatic carbocycles. The number of rotatable bonds is 5. The van der Waals surface area contributed by atoms with Gasteiger partial charge in [-0.15, -0.1) is 0 Å². The van der Waals surface area contributed by atoms with Crippen molar-refractivity contribution < 1.29 is 9.53 Å². The van der Waals surface area contributed by atoms with E-state index in [1.807, 2.05) is 18.2 Å². The van der Waals surface area contributed by atoms with Gasteiger partial charge in [0.05, 0.1) is 17.2 Å². The Kier molecular flexibility index (Phi) is 6.71. The first-order valence-corrected chi connectivity index (χ1v) is 9.73. The fraction of sp³-hybridized carbons (Fsp3) is 0.400. The molecule has 27 heavy (non-hydrogen) atoms. The zero-order valence-corrected chi connectivity index (χ0v) is 16.9. The third-order valence-corrected chi connectivity index (χ3v) is 4.99. The Labute approximate surface area is 169 Å². The zero-order valence-electron chi connectivity index (χ0n) is 15.4. The van der Waals surface area contributed by atoms with Crippen molar-refractivity contribution in [3.63, 3.8) is 0 Å². The predicted octanol–water partition coefficient (Wildman–Crippen LogP) is 3.93. The molecule has 1 fully saturated rings. The number of benzene rings is 1. The van der Waals surface area contributed by atoms with E-state index in [0.717, 1.165) is 25.2 Å². The first-order valence-electron chi connectivity index (χ1n) is 8.97. The van der Waals surface area contributed by atoms with Gasteiger partial charge in [-0.25, -0.2) is 4.98 Å². The van der Waals surface area contributed by atoms with Crippen LogP contribution in [0.5, 0.6) is 0 Å². The molecule has 2 atom stereocenters. The van der Waals surface area contributed by atoms with Crippen LogP contribution in [0.1, 0.15) is 35.5 Å².